The van der Waals surface area contributed by atoms with Crippen LogP contribution in [0.25, 0.3) is 0 Å². The topological polar surface area (TPSA) is 73.8 Å². The minimum absolute atomic E-state index is 0.191. The molecule has 2 aromatic rings. The second-order valence-corrected chi connectivity index (χ2v) is 10.2. The number of likely N-dealkylation sites (tertiary alicyclic amines) is 1. The van der Waals surface area contributed by atoms with E-state index in [0.29, 0.717) is 23.9 Å². The first kappa shape index (κ1) is 25.5. The lowest BCUT2D eigenvalue weighted by molar-refractivity contribution is -0.0464. The molecule has 4 rings (SSSR count). The molecular weight excluding hydrogens is 445 g/mol. The van der Waals surface area contributed by atoms with E-state index in [1.807, 2.05) is 24.3 Å². The van der Waals surface area contributed by atoms with Gasteiger partial charge in [-0.05, 0) is 86.9 Å². The van der Waals surface area contributed by atoms with Gasteiger partial charge in [-0.3, -0.25) is 0 Å². The van der Waals surface area contributed by atoms with E-state index in [9.17, 15) is 14.3 Å². The van der Waals surface area contributed by atoms with Gasteiger partial charge in [0, 0.05) is 24.8 Å². The van der Waals surface area contributed by atoms with Gasteiger partial charge in [-0.2, -0.15) is 0 Å². The molecule has 1 saturated heterocycles. The van der Waals surface area contributed by atoms with Crippen LogP contribution < -0.4 is 15.4 Å². The number of ether oxygens (including phenoxy) is 1. The number of rotatable bonds is 9. The minimum atomic E-state index is -0.952. The Morgan fingerprint density at radius 2 is 1.83 bits per heavy atom. The summed E-state index contributed by atoms with van der Waals surface area (Å²) in [5, 5.41) is 17.5. The average molecular weight is 484 g/mol. The number of hydrogen-bond acceptors (Lipinski definition) is 4. The first-order valence-electron chi connectivity index (χ1n) is 12.8. The van der Waals surface area contributed by atoms with Crippen LogP contribution in [0.15, 0.2) is 48.5 Å². The highest BCUT2D eigenvalue weighted by Gasteiger charge is 2.40. The molecule has 6 nitrogen and oxygen atoms in total. The lowest BCUT2D eigenvalue weighted by Crippen LogP contribution is -2.56. The zero-order valence-electron chi connectivity index (χ0n) is 20.6. The number of nitrogens with one attached hydrogen (secondary N) is 2. The van der Waals surface area contributed by atoms with E-state index in [-0.39, 0.29) is 24.3 Å². The third kappa shape index (κ3) is 7.18. The van der Waals surface area contributed by atoms with Gasteiger partial charge < -0.3 is 25.4 Å². The Balaban J connectivity index is 1.30. The Morgan fingerprint density at radius 3 is 2.51 bits per heavy atom. The van der Waals surface area contributed by atoms with Crippen molar-refractivity contribution in [2.75, 3.05) is 38.6 Å². The minimum Gasteiger partial charge on any atom is -0.497 e. The van der Waals surface area contributed by atoms with Gasteiger partial charge in [-0.25, -0.2) is 9.18 Å². The monoisotopic (exact) mass is 483 g/mol. The van der Waals surface area contributed by atoms with Crippen LogP contribution in [0.3, 0.4) is 0 Å². The predicted molar refractivity (Wildman–Crippen MR) is 136 cm³/mol. The number of hydrogen-bond donors (Lipinski definition) is 3. The molecule has 1 aliphatic carbocycles. The number of aliphatic hydroxyl groups is 1. The Labute approximate surface area is 207 Å². The zero-order chi connectivity index (χ0) is 24.7. The fraction of sp³-hybridized carbons (Fsp3) is 0.536. The van der Waals surface area contributed by atoms with Crippen LogP contribution in [0.2, 0.25) is 0 Å². The number of halogens is 1. The van der Waals surface area contributed by atoms with Crippen LogP contribution in [0.5, 0.6) is 5.75 Å². The lowest BCUT2D eigenvalue weighted by Gasteiger charge is -2.41. The molecule has 1 atom stereocenters. The van der Waals surface area contributed by atoms with Gasteiger partial charge in [0.1, 0.15) is 11.6 Å². The van der Waals surface area contributed by atoms with Gasteiger partial charge in [0.2, 0.25) is 0 Å². The maximum atomic E-state index is 13.2. The van der Waals surface area contributed by atoms with Crippen LogP contribution >= 0.6 is 0 Å². The third-order valence-electron chi connectivity index (χ3n) is 7.64. The van der Waals surface area contributed by atoms with E-state index in [4.69, 9.17) is 4.74 Å². The maximum absolute atomic E-state index is 13.2. The summed E-state index contributed by atoms with van der Waals surface area (Å²) in [5.41, 5.74) is 0.875. The number of carbonyl (C=O) groups excluding carboxylic acids is 1. The van der Waals surface area contributed by atoms with E-state index in [2.05, 4.69) is 15.5 Å². The number of anilines is 1. The lowest BCUT2D eigenvalue weighted by atomic mass is 9.83. The molecule has 0 spiro atoms. The Morgan fingerprint density at radius 1 is 1.11 bits per heavy atom. The van der Waals surface area contributed by atoms with E-state index in [0.717, 1.165) is 58.0 Å². The van der Waals surface area contributed by atoms with Gasteiger partial charge >= 0.3 is 6.03 Å². The van der Waals surface area contributed by atoms with Crippen LogP contribution in [0.4, 0.5) is 14.9 Å². The number of β-amino-alcohol motifs (C(OH)–C–C–N with tert-alkyl or cyclic N) is 1. The first-order chi connectivity index (χ1) is 16.9. The molecule has 0 aromatic heterocycles. The Kier molecular flexibility index (Phi) is 8.63. The van der Waals surface area contributed by atoms with Crippen molar-refractivity contribution in [2.45, 2.75) is 50.5 Å². The van der Waals surface area contributed by atoms with Crippen LogP contribution in [-0.4, -0.2) is 54.9 Å². The standard InChI is InChI=1S/C28H38FN3O3/c1-35-26-8-4-7-25(18-26)31-27(33)30-19-28(34,23-5-2-3-6-23)20-32-15-13-22(14-16-32)17-21-9-11-24(29)12-10-21/h4,7-12,18,22-23,34H,2-3,5-6,13-17,19-20H2,1H3,(H2,30,31,33). The number of amides is 2. The zero-order valence-corrected chi connectivity index (χ0v) is 20.6. The van der Waals surface area contributed by atoms with Crippen molar-refractivity contribution in [1.29, 1.82) is 0 Å². The van der Waals surface area contributed by atoms with Gasteiger partial charge in [-0.15, -0.1) is 0 Å². The second-order valence-electron chi connectivity index (χ2n) is 10.2. The normalized spacial score (nSPS) is 19.3. The van der Waals surface area contributed by atoms with Gasteiger partial charge in [0.25, 0.3) is 0 Å². The molecule has 1 aliphatic heterocycles. The van der Waals surface area contributed by atoms with E-state index < -0.39 is 5.60 Å². The fourth-order valence-corrected chi connectivity index (χ4v) is 5.59. The van der Waals surface area contributed by atoms with Crippen molar-refractivity contribution in [3.8, 4) is 5.75 Å². The van der Waals surface area contributed by atoms with E-state index in [1.54, 1.807) is 19.2 Å². The van der Waals surface area contributed by atoms with Gasteiger partial charge in [0.05, 0.1) is 12.7 Å². The molecule has 1 unspecified atom stereocenters. The number of piperidine rings is 1. The Hall–Kier alpha value is -2.64. The molecular formula is C28H38FN3O3. The third-order valence-corrected chi connectivity index (χ3v) is 7.64. The highest BCUT2D eigenvalue weighted by molar-refractivity contribution is 5.89. The summed E-state index contributed by atoms with van der Waals surface area (Å²) in [4.78, 5) is 14.9. The predicted octanol–water partition coefficient (Wildman–Crippen LogP) is 4.83. The second kappa shape index (κ2) is 11.9. The highest BCUT2D eigenvalue weighted by atomic mass is 19.1. The molecule has 1 heterocycles. The summed E-state index contributed by atoms with van der Waals surface area (Å²) in [7, 11) is 1.59. The van der Waals surface area contributed by atoms with Crippen molar-refractivity contribution in [2.24, 2.45) is 11.8 Å². The fourth-order valence-electron chi connectivity index (χ4n) is 5.59. The average Bonchev–Trinajstić information content (AvgIpc) is 3.42. The number of nitrogens with zero attached hydrogens (tertiary/aromatic N) is 1. The molecule has 3 N–H and O–H groups in total. The van der Waals surface area contributed by atoms with Crippen molar-refractivity contribution in [3.05, 3.63) is 59.9 Å². The summed E-state index contributed by atoms with van der Waals surface area (Å²) in [6, 6.07) is 13.7. The van der Waals surface area contributed by atoms with Crippen molar-refractivity contribution < 1.29 is 19.0 Å². The number of benzene rings is 2. The van der Waals surface area contributed by atoms with Gasteiger partial charge in [0.15, 0.2) is 0 Å². The van der Waals surface area contributed by atoms with Crippen molar-refractivity contribution in [3.63, 3.8) is 0 Å². The summed E-state index contributed by atoms with van der Waals surface area (Å²) >= 11 is 0. The van der Waals surface area contributed by atoms with Crippen molar-refractivity contribution >= 4 is 11.7 Å². The van der Waals surface area contributed by atoms with Crippen LogP contribution in [-0.2, 0) is 6.42 Å². The van der Waals surface area contributed by atoms with Crippen molar-refractivity contribution in [1.82, 2.24) is 10.2 Å². The molecule has 2 amide bonds. The molecule has 2 aromatic carbocycles. The molecule has 7 heteroatoms. The Bertz CT molecular complexity index is 956. The smallest absolute Gasteiger partial charge is 0.319 e. The van der Waals surface area contributed by atoms with Crippen LogP contribution in [0, 0.1) is 17.7 Å². The molecule has 1 saturated carbocycles. The molecule has 2 aliphatic rings. The van der Waals surface area contributed by atoms with Gasteiger partial charge in [-0.1, -0.05) is 31.0 Å². The maximum Gasteiger partial charge on any atom is 0.319 e. The molecule has 0 bridgehead atoms. The summed E-state index contributed by atoms with van der Waals surface area (Å²) in [6.45, 7) is 2.65. The summed E-state index contributed by atoms with van der Waals surface area (Å²) in [6.07, 6.45) is 7.33. The highest BCUT2D eigenvalue weighted by Crippen LogP contribution is 2.35. The molecule has 0 radical (unpaired) electrons. The molecule has 2 fully saturated rings. The SMILES string of the molecule is COc1cccc(NC(=O)NCC(O)(CN2CCC(Cc3ccc(F)cc3)CC2)C2CCCC2)c1. The number of methoxy groups -OCH3 is 1. The summed E-state index contributed by atoms with van der Waals surface area (Å²) < 4.78 is 18.4. The van der Waals surface area contributed by atoms with E-state index in [1.165, 1.54) is 17.7 Å². The van der Waals surface area contributed by atoms with Crippen LogP contribution in [0.1, 0.15) is 44.1 Å². The number of carbonyl (C=O) groups is 1. The molecule has 190 valence electrons. The first-order valence-corrected chi connectivity index (χ1v) is 12.8. The molecule has 35 heavy (non-hydrogen) atoms. The largest absolute Gasteiger partial charge is 0.497 e. The quantitative estimate of drug-likeness (QED) is 0.478. The number of urea groups is 1. The summed E-state index contributed by atoms with van der Waals surface area (Å²) in [5.74, 6) is 1.24. The van der Waals surface area contributed by atoms with E-state index >= 15 is 0 Å².